The average molecular weight is 285 g/mol. The molecule has 1 amide bonds. The first-order valence-corrected chi connectivity index (χ1v) is 7.98. The molecule has 0 fully saturated rings. The van der Waals surface area contributed by atoms with Crippen LogP contribution in [-0.4, -0.2) is 5.91 Å². The van der Waals surface area contributed by atoms with Crippen LogP contribution in [0.4, 0.5) is 0 Å². The van der Waals surface area contributed by atoms with Gasteiger partial charge < -0.3 is 5.32 Å². The molecular weight excluding hydrogens is 266 g/mol. The number of fused-ring (bicyclic) bond motifs is 1. The smallest absolute Gasteiger partial charge is 0.261 e. The van der Waals surface area contributed by atoms with E-state index in [0.717, 1.165) is 24.1 Å². The molecule has 0 aliphatic heterocycles. The Balaban J connectivity index is 1.77. The van der Waals surface area contributed by atoms with Gasteiger partial charge in [-0.1, -0.05) is 31.2 Å². The summed E-state index contributed by atoms with van der Waals surface area (Å²) in [7, 11) is 0. The number of carbonyl (C=O) groups is 1. The van der Waals surface area contributed by atoms with Crippen molar-refractivity contribution in [3.63, 3.8) is 0 Å². The van der Waals surface area contributed by atoms with Crippen molar-refractivity contribution in [2.24, 2.45) is 0 Å². The van der Waals surface area contributed by atoms with Gasteiger partial charge in [-0.25, -0.2) is 0 Å². The van der Waals surface area contributed by atoms with Crippen LogP contribution >= 0.6 is 11.3 Å². The molecule has 0 bridgehead atoms. The van der Waals surface area contributed by atoms with Gasteiger partial charge in [0, 0.05) is 4.88 Å². The SMILES string of the molecule is CCc1sc(C(=O)N[C@@H]2CCc3ccccc32)cc1C. The number of carbonyl (C=O) groups excluding carboxylic acids is 1. The fourth-order valence-electron chi connectivity index (χ4n) is 2.92. The van der Waals surface area contributed by atoms with Gasteiger partial charge in [-0.15, -0.1) is 11.3 Å². The first-order chi connectivity index (χ1) is 9.69. The van der Waals surface area contributed by atoms with Gasteiger partial charge in [0.25, 0.3) is 5.91 Å². The summed E-state index contributed by atoms with van der Waals surface area (Å²) in [5, 5.41) is 3.19. The summed E-state index contributed by atoms with van der Waals surface area (Å²) >= 11 is 1.62. The van der Waals surface area contributed by atoms with Crippen LogP contribution in [0.2, 0.25) is 0 Å². The highest BCUT2D eigenvalue weighted by Crippen LogP contribution is 2.31. The molecule has 2 aromatic rings. The maximum Gasteiger partial charge on any atom is 0.261 e. The van der Waals surface area contributed by atoms with Crippen LogP contribution in [0.15, 0.2) is 30.3 Å². The Labute approximate surface area is 123 Å². The van der Waals surface area contributed by atoms with Crippen LogP contribution in [-0.2, 0) is 12.8 Å². The number of benzene rings is 1. The van der Waals surface area contributed by atoms with Gasteiger partial charge in [0.2, 0.25) is 0 Å². The van der Waals surface area contributed by atoms with Crippen LogP contribution in [0.3, 0.4) is 0 Å². The van der Waals surface area contributed by atoms with Crippen molar-refractivity contribution in [3.8, 4) is 0 Å². The molecule has 20 heavy (non-hydrogen) atoms. The lowest BCUT2D eigenvalue weighted by molar-refractivity contribution is 0.0941. The normalized spacial score (nSPS) is 17.0. The fourth-order valence-corrected chi connectivity index (χ4v) is 3.94. The van der Waals surface area contributed by atoms with E-state index in [1.807, 2.05) is 12.1 Å². The molecule has 1 aromatic heterocycles. The Hall–Kier alpha value is -1.61. The number of amides is 1. The molecule has 0 radical (unpaired) electrons. The Morgan fingerprint density at radius 1 is 1.40 bits per heavy atom. The average Bonchev–Trinajstić information content (AvgIpc) is 3.03. The number of nitrogens with one attached hydrogen (secondary N) is 1. The van der Waals surface area contributed by atoms with Gasteiger partial charge in [0.1, 0.15) is 0 Å². The maximum atomic E-state index is 12.4. The van der Waals surface area contributed by atoms with E-state index in [1.165, 1.54) is 21.6 Å². The third-order valence-electron chi connectivity index (χ3n) is 4.00. The lowest BCUT2D eigenvalue weighted by Crippen LogP contribution is -2.26. The molecule has 0 saturated heterocycles. The molecule has 104 valence electrons. The summed E-state index contributed by atoms with van der Waals surface area (Å²) in [6.45, 7) is 4.21. The second kappa shape index (κ2) is 5.41. The summed E-state index contributed by atoms with van der Waals surface area (Å²) in [6.07, 6.45) is 3.07. The quantitative estimate of drug-likeness (QED) is 0.906. The molecule has 0 spiro atoms. The predicted octanol–water partition coefficient (Wildman–Crippen LogP) is 4.04. The standard InChI is InChI=1S/C17H19NOS/c1-3-15-11(2)10-16(20-15)17(19)18-14-9-8-12-6-4-5-7-13(12)14/h4-7,10,14H,3,8-9H2,1-2H3,(H,18,19)/t14-/m1/s1. The molecule has 1 aromatic carbocycles. The number of thiophene rings is 1. The topological polar surface area (TPSA) is 29.1 Å². The van der Waals surface area contributed by atoms with Crippen molar-refractivity contribution in [1.29, 1.82) is 0 Å². The third kappa shape index (κ3) is 2.38. The monoisotopic (exact) mass is 285 g/mol. The minimum absolute atomic E-state index is 0.0690. The van der Waals surface area contributed by atoms with Crippen molar-refractivity contribution in [1.82, 2.24) is 5.32 Å². The first kappa shape index (κ1) is 13.4. The van der Waals surface area contributed by atoms with Crippen molar-refractivity contribution in [2.75, 3.05) is 0 Å². The minimum atomic E-state index is 0.0690. The Morgan fingerprint density at radius 2 is 2.20 bits per heavy atom. The number of hydrogen-bond donors (Lipinski definition) is 1. The van der Waals surface area contributed by atoms with E-state index in [4.69, 9.17) is 0 Å². The van der Waals surface area contributed by atoms with Crippen molar-refractivity contribution in [2.45, 2.75) is 39.2 Å². The summed E-state index contributed by atoms with van der Waals surface area (Å²) in [5.41, 5.74) is 3.88. The lowest BCUT2D eigenvalue weighted by Gasteiger charge is -2.13. The number of hydrogen-bond acceptors (Lipinski definition) is 2. The second-order valence-corrected chi connectivity index (χ2v) is 6.47. The summed E-state index contributed by atoms with van der Waals surface area (Å²) in [6, 6.07) is 10.6. The molecule has 1 heterocycles. The van der Waals surface area contributed by atoms with Gasteiger partial charge in [-0.3, -0.25) is 4.79 Å². The van der Waals surface area contributed by atoms with Crippen LogP contribution in [0.5, 0.6) is 0 Å². The molecule has 1 atom stereocenters. The zero-order chi connectivity index (χ0) is 14.1. The van der Waals surface area contributed by atoms with E-state index in [9.17, 15) is 4.79 Å². The highest BCUT2D eigenvalue weighted by molar-refractivity contribution is 7.14. The van der Waals surface area contributed by atoms with Crippen LogP contribution in [0.25, 0.3) is 0 Å². The fraction of sp³-hybridized carbons (Fsp3) is 0.353. The third-order valence-corrected chi connectivity index (χ3v) is 5.38. The summed E-state index contributed by atoms with van der Waals surface area (Å²) in [5.74, 6) is 0.0690. The predicted molar refractivity (Wildman–Crippen MR) is 83.4 cm³/mol. The van der Waals surface area contributed by atoms with Crippen LogP contribution in [0, 0.1) is 6.92 Å². The van der Waals surface area contributed by atoms with E-state index in [1.54, 1.807) is 11.3 Å². The van der Waals surface area contributed by atoms with E-state index < -0.39 is 0 Å². The van der Waals surface area contributed by atoms with Crippen LogP contribution < -0.4 is 5.32 Å². The summed E-state index contributed by atoms with van der Waals surface area (Å²) in [4.78, 5) is 14.5. The number of aryl methyl sites for hydroxylation is 3. The van der Waals surface area contributed by atoms with Crippen molar-refractivity contribution in [3.05, 3.63) is 56.8 Å². The van der Waals surface area contributed by atoms with E-state index in [-0.39, 0.29) is 11.9 Å². The lowest BCUT2D eigenvalue weighted by atomic mass is 10.1. The maximum absolute atomic E-state index is 12.4. The van der Waals surface area contributed by atoms with Gasteiger partial charge in [-0.05, 0) is 48.9 Å². The van der Waals surface area contributed by atoms with Crippen LogP contribution in [0.1, 0.15) is 50.6 Å². The molecule has 3 rings (SSSR count). The highest BCUT2D eigenvalue weighted by atomic mass is 32.1. The molecule has 3 heteroatoms. The summed E-state index contributed by atoms with van der Waals surface area (Å²) < 4.78 is 0. The van der Waals surface area contributed by atoms with Crippen molar-refractivity contribution < 1.29 is 4.79 Å². The molecule has 1 aliphatic carbocycles. The van der Waals surface area contributed by atoms with E-state index in [0.29, 0.717) is 0 Å². The Morgan fingerprint density at radius 3 is 2.95 bits per heavy atom. The molecule has 0 unspecified atom stereocenters. The number of rotatable bonds is 3. The highest BCUT2D eigenvalue weighted by Gasteiger charge is 2.24. The Kier molecular flexibility index (Phi) is 3.62. The molecule has 1 aliphatic rings. The van der Waals surface area contributed by atoms with Gasteiger partial charge in [0.15, 0.2) is 0 Å². The second-order valence-electron chi connectivity index (χ2n) is 5.33. The van der Waals surface area contributed by atoms with E-state index >= 15 is 0 Å². The molecular formula is C17H19NOS. The zero-order valence-corrected chi connectivity index (χ0v) is 12.7. The largest absolute Gasteiger partial charge is 0.345 e. The molecule has 2 nitrogen and oxygen atoms in total. The van der Waals surface area contributed by atoms with Gasteiger partial charge in [-0.2, -0.15) is 0 Å². The van der Waals surface area contributed by atoms with E-state index in [2.05, 4.69) is 37.4 Å². The zero-order valence-electron chi connectivity index (χ0n) is 11.9. The van der Waals surface area contributed by atoms with Gasteiger partial charge in [0.05, 0.1) is 10.9 Å². The van der Waals surface area contributed by atoms with Gasteiger partial charge >= 0.3 is 0 Å². The first-order valence-electron chi connectivity index (χ1n) is 7.17. The molecule has 1 N–H and O–H groups in total. The molecule has 0 saturated carbocycles. The minimum Gasteiger partial charge on any atom is -0.345 e. The van der Waals surface area contributed by atoms with Crippen molar-refractivity contribution >= 4 is 17.2 Å². The Bertz CT molecular complexity index is 644.